The summed E-state index contributed by atoms with van der Waals surface area (Å²) >= 11 is 0.987. The molecule has 0 bridgehead atoms. The van der Waals surface area contributed by atoms with Crippen LogP contribution in [0.4, 0.5) is 15.6 Å². The lowest BCUT2D eigenvalue weighted by Gasteiger charge is -2.22. The molecule has 2 aromatic heterocycles. The van der Waals surface area contributed by atoms with Crippen molar-refractivity contribution >= 4 is 34.1 Å². The molecule has 0 saturated heterocycles. The number of anilines is 2. The van der Waals surface area contributed by atoms with Crippen molar-refractivity contribution in [2.45, 2.75) is 26.2 Å². The Bertz CT molecular complexity index is 1040. The number of ether oxygens (including phenoxy) is 1. The van der Waals surface area contributed by atoms with E-state index in [1.54, 1.807) is 18.3 Å². The Balaban J connectivity index is 1.77. The average molecular weight is 411 g/mol. The zero-order valence-corrected chi connectivity index (χ0v) is 17.0. The van der Waals surface area contributed by atoms with Crippen LogP contribution in [0.15, 0.2) is 48.8 Å². The lowest BCUT2D eigenvalue weighted by Crippen LogP contribution is -2.20. The van der Waals surface area contributed by atoms with Crippen LogP contribution in [0.5, 0.6) is 11.6 Å². The Morgan fingerprint density at radius 3 is 2.52 bits per heavy atom. The van der Waals surface area contributed by atoms with Crippen molar-refractivity contribution < 1.29 is 14.3 Å². The van der Waals surface area contributed by atoms with E-state index in [1.165, 1.54) is 6.20 Å². The number of rotatable bonds is 5. The van der Waals surface area contributed by atoms with Gasteiger partial charge in [0.2, 0.25) is 5.88 Å². The second-order valence-electron chi connectivity index (χ2n) is 7.18. The summed E-state index contributed by atoms with van der Waals surface area (Å²) in [5.41, 5.74) is 6.48. The molecule has 9 heteroatoms. The van der Waals surface area contributed by atoms with E-state index in [-0.39, 0.29) is 21.3 Å². The van der Waals surface area contributed by atoms with Gasteiger partial charge in [0, 0.05) is 11.8 Å². The number of pyridine rings is 1. The fourth-order valence-corrected chi connectivity index (χ4v) is 3.21. The Labute approximate surface area is 172 Å². The standard InChI is InChI=1S/C20H21N5O3S/c1-20(2,3)12-7-4-5-9-14(12)28-17-13(8-6-10-22-17)24-18(27)25-19-23-11-15(29-19)16(21)26/h4-11H,1-3H3,(H2,21,26)(H2,23,24,25,27). The zero-order valence-electron chi connectivity index (χ0n) is 16.2. The van der Waals surface area contributed by atoms with Gasteiger partial charge in [-0.2, -0.15) is 0 Å². The second-order valence-corrected chi connectivity index (χ2v) is 8.21. The van der Waals surface area contributed by atoms with Crippen LogP contribution in [0.3, 0.4) is 0 Å². The number of para-hydroxylation sites is 1. The van der Waals surface area contributed by atoms with Crippen molar-refractivity contribution in [1.82, 2.24) is 9.97 Å². The van der Waals surface area contributed by atoms with Crippen molar-refractivity contribution in [2.24, 2.45) is 5.73 Å². The number of urea groups is 1. The summed E-state index contributed by atoms with van der Waals surface area (Å²) in [6, 6.07) is 10.5. The predicted octanol–water partition coefficient (Wildman–Crippen LogP) is 4.37. The monoisotopic (exact) mass is 411 g/mol. The number of nitrogens with zero attached hydrogens (tertiary/aromatic N) is 2. The molecule has 3 rings (SSSR count). The normalized spacial score (nSPS) is 11.0. The minimum atomic E-state index is -0.601. The van der Waals surface area contributed by atoms with Crippen molar-refractivity contribution in [3.05, 3.63) is 59.2 Å². The number of primary amides is 1. The number of nitrogens with two attached hydrogens (primary N) is 1. The van der Waals surface area contributed by atoms with E-state index < -0.39 is 11.9 Å². The number of benzene rings is 1. The lowest BCUT2D eigenvalue weighted by molar-refractivity contribution is 0.100. The van der Waals surface area contributed by atoms with E-state index in [1.807, 2.05) is 24.3 Å². The number of thiazole rings is 1. The van der Waals surface area contributed by atoms with Gasteiger partial charge in [0.1, 0.15) is 16.3 Å². The first-order valence-electron chi connectivity index (χ1n) is 8.80. The molecule has 4 N–H and O–H groups in total. The predicted molar refractivity (Wildman–Crippen MR) is 113 cm³/mol. The summed E-state index contributed by atoms with van der Waals surface area (Å²) in [5.74, 6) is 0.320. The van der Waals surface area contributed by atoms with Gasteiger partial charge >= 0.3 is 6.03 Å². The zero-order chi connectivity index (χ0) is 21.0. The van der Waals surface area contributed by atoms with Crippen LogP contribution in [-0.2, 0) is 5.41 Å². The highest BCUT2D eigenvalue weighted by atomic mass is 32.1. The first-order valence-corrected chi connectivity index (χ1v) is 9.61. The summed E-state index contributed by atoms with van der Waals surface area (Å²) in [5, 5.41) is 5.50. The number of hydrogen-bond acceptors (Lipinski definition) is 6. The second kappa shape index (κ2) is 8.27. The van der Waals surface area contributed by atoms with Crippen LogP contribution in [-0.4, -0.2) is 21.9 Å². The summed E-state index contributed by atoms with van der Waals surface area (Å²) in [7, 11) is 0. The van der Waals surface area contributed by atoms with Gasteiger partial charge in [-0.25, -0.2) is 14.8 Å². The first-order chi connectivity index (χ1) is 13.7. The summed E-state index contributed by atoms with van der Waals surface area (Å²) in [6.07, 6.45) is 2.89. The van der Waals surface area contributed by atoms with Gasteiger partial charge in [0.25, 0.3) is 5.91 Å². The Morgan fingerprint density at radius 1 is 1.07 bits per heavy atom. The van der Waals surface area contributed by atoms with Gasteiger partial charge in [-0.15, -0.1) is 0 Å². The molecule has 0 spiro atoms. The maximum Gasteiger partial charge on any atom is 0.325 e. The molecule has 29 heavy (non-hydrogen) atoms. The van der Waals surface area contributed by atoms with Crippen LogP contribution >= 0.6 is 11.3 Å². The van der Waals surface area contributed by atoms with Gasteiger partial charge in [-0.3, -0.25) is 10.1 Å². The largest absolute Gasteiger partial charge is 0.437 e. The van der Waals surface area contributed by atoms with E-state index >= 15 is 0 Å². The summed E-state index contributed by atoms with van der Waals surface area (Å²) in [6.45, 7) is 6.28. The third-order valence-electron chi connectivity index (χ3n) is 3.89. The molecule has 3 amide bonds. The molecule has 2 heterocycles. The molecule has 0 radical (unpaired) electrons. The third kappa shape index (κ3) is 5.08. The van der Waals surface area contributed by atoms with Gasteiger partial charge < -0.3 is 15.8 Å². The summed E-state index contributed by atoms with van der Waals surface area (Å²) in [4.78, 5) is 31.9. The molecule has 0 saturated carbocycles. The van der Waals surface area contributed by atoms with Crippen LogP contribution in [0.25, 0.3) is 0 Å². The van der Waals surface area contributed by atoms with Crippen molar-refractivity contribution in [2.75, 3.05) is 10.6 Å². The van der Waals surface area contributed by atoms with Crippen molar-refractivity contribution in [3.63, 3.8) is 0 Å². The van der Waals surface area contributed by atoms with Gasteiger partial charge in [0.05, 0.1) is 6.20 Å². The van der Waals surface area contributed by atoms with Crippen LogP contribution < -0.4 is 21.1 Å². The topological polar surface area (TPSA) is 119 Å². The number of hydrogen-bond donors (Lipinski definition) is 3. The minimum absolute atomic E-state index is 0.126. The third-order valence-corrected chi connectivity index (χ3v) is 4.82. The minimum Gasteiger partial charge on any atom is -0.437 e. The smallest absolute Gasteiger partial charge is 0.325 e. The van der Waals surface area contributed by atoms with Crippen molar-refractivity contribution in [3.8, 4) is 11.6 Å². The van der Waals surface area contributed by atoms with Crippen LogP contribution in [0.2, 0.25) is 0 Å². The highest BCUT2D eigenvalue weighted by Gasteiger charge is 2.20. The SMILES string of the molecule is CC(C)(C)c1ccccc1Oc1ncccc1NC(=O)Nc1ncc(C(N)=O)s1. The molecule has 0 unspecified atom stereocenters. The molecule has 3 aromatic rings. The quantitative estimate of drug-likeness (QED) is 0.576. The van der Waals surface area contributed by atoms with E-state index in [2.05, 4.69) is 41.4 Å². The molecular formula is C20H21N5O3S. The molecular weight excluding hydrogens is 390 g/mol. The molecule has 1 aromatic carbocycles. The molecule has 0 aliphatic rings. The summed E-state index contributed by atoms with van der Waals surface area (Å²) < 4.78 is 6.03. The van der Waals surface area contributed by atoms with E-state index in [4.69, 9.17) is 10.5 Å². The molecule has 150 valence electrons. The molecule has 8 nitrogen and oxygen atoms in total. The lowest BCUT2D eigenvalue weighted by atomic mass is 9.86. The van der Waals surface area contributed by atoms with Crippen LogP contribution in [0.1, 0.15) is 36.0 Å². The van der Waals surface area contributed by atoms with Gasteiger partial charge in [0.15, 0.2) is 5.13 Å². The molecule has 0 atom stereocenters. The van der Waals surface area contributed by atoms with Crippen molar-refractivity contribution in [1.29, 1.82) is 0 Å². The molecule has 0 fully saturated rings. The molecule has 0 aliphatic carbocycles. The number of carbonyl (C=O) groups is 2. The van der Waals surface area contributed by atoms with Gasteiger partial charge in [-0.05, 0) is 23.6 Å². The number of carbonyl (C=O) groups excluding carboxylic acids is 2. The number of aromatic nitrogens is 2. The van der Waals surface area contributed by atoms with E-state index in [9.17, 15) is 9.59 Å². The fourth-order valence-electron chi connectivity index (χ4n) is 2.54. The highest BCUT2D eigenvalue weighted by Crippen LogP contribution is 2.35. The average Bonchev–Trinajstić information content (AvgIpc) is 3.11. The van der Waals surface area contributed by atoms with Crippen LogP contribution in [0, 0.1) is 0 Å². The highest BCUT2D eigenvalue weighted by molar-refractivity contribution is 7.17. The fraction of sp³-hybridized carbons (Fsp3) is 0.200. The van der Waals surface area contributed by atoms with Gasteiger partial charge in [-0.1, -0.05) is 50.3 Å². The number of nitrogens with one attached hydrogen (secondary N) is 2. The van der Waals surface area contributed by atoms with E-state index in [0.29, 0.717) is 11.4 Å². The molecule has 0 aliphatic heterocycles. The Hall–Kier alpha value is -3.46. The Kier molecular flexibility index (Phi) is 5.79. The number of amides is 3. The first kappa shape index (κ1) is 20.3. The Morgan fingerprint density at radius 2 is 1.83 bits per heavy atom. The maximum atomic E-state index is 12.3. The van der Waals surface area contributed by atoms with E-state index in [0.717, 1.165) is 16.9 Å². The maximum absolute atomic E-state index is 12.3.